The molecule has 1 N–H and O–H groups in total. The number of hydrogen-bond acceptors (Lipinski definition) is 4. The Bertz CT molecular complexity index is 526. The summed E-state index contributed by atoms with van der Waals surface area (Å²) >= 11 is 0. The maximum Gasteiger partial charge on any atom is 0.342 e. The van der Waals surface area contributed by atoms with Crippen LogP contribution in [0.1, 0.15) is 36.5 Å². The van der Waals surface area contributed by atoms with Crippen molar-refractivity contribution in [3.63, 3.8) is 0 Å². The molecule has 2 rings (SSSR count). The molecule has 0 spiro atoms. The number of nitro benzene ring substituents is 1. The molecule has 20 heavy (non-hydrogen) atoms. The standard InChI is InChI=1S/C14H18N2O4/c1-2-7-15(9-10-3-4-10)11-5-6-13(16(19)20)12(8-11)14(17)18/h5-6,8,10H,2-4,7,9H2,1H3,(H,17,18). The molecule has 1 aromatic carbocycles. The second-order valence-electron chi connectivity index (χ2n) is 5.15. The fourth-order valence-corrected chi connectivity index (χ4v) is 2.26. The molecule has 6 nitrogen and oxygen atoms in total. The molecule has 108 valence electrons. The maximum atomic E-state index is 11.2. The van der Waals surface area contributed by atoms with Gasteiger partial charge in [0.1, 0.15) is 5.56 Å². The average molecular weight is 278 g/mol. The lowest BCUT2D eigenvalue weighted by atomic mass is 10.1. The molecule has 0 radical (unpaired) electrons. The van der Waals surface area contributed by atoms with Gasteiger partial charge in [0.25, 0.3) is 5.69 Å². The van der Waals surface area contributed by atoms with E-state index < -0.39 is 10.9 Å². The fraction of sp³-hybridized carbons (Fsp3) is 0.500. The number of aromatic carboxylic acids is 1. The minimum absolute atomic E-state index is 0.246. The van der Waals surface area contributed by atoms with Gasteiger partial charge in [-0.1, -0.05) is 6.92 Å². The van der Waals surface area contributed by atoms with Crippen LogP contribution in [0.5, 0.6) is 0 Å². The third kappa shape index (κ3) is 3.26. The Morgan fingerprint density at radius 1 is 1.50 bits per heavy atom. The first-order valence-corrected chi connectivity index (χ1v) is 6.79. The highest BCUT2D eigenvalue weighted by Gasteiger charge is 2.26. The number of hydrogen-bond donors (Lipinski definition) is 1. The van der Waals surface area contributed by atoms with Crippen molar-refractivity contribution in [3.05, 3.63) is 33.9 Å². The SMILES string of the molecule is CCCN(CC1CC1)c1ccc([N+](=O)[O-])c(C(=O)O)c1. The Hall–Kier alpha value is -2.11. The molecule has 0 aliphatic heterocycles. The van der Waals surface area contributed by atoms with Gasteiger partial charge in [0.2, 0.25) is 0 Å². The Morgan fingerprint density at radius 3 is 2.70 bits per heavy atom. The van der Waals surface area contributed by atoms with Gasteiger partial charge in [0.15, 0.2) is 0 Å². The third-order valence-electron chi connectivity index (χ3n) is 3.44. The van der Waals surface area contributed by atoms with Gasteiger partial charge in [-0.3, -0.25) is 10.1 Å². The second-order valence-corrected chi connectivity index (χ2v) is 5.15. The molecule has 0 atom stereocenters. The number of rotatable bonds is 7. The number of carbonyl (C=O) groups is 1. The Labute approximate surface area is 117 Å². The summed E-state index contributed by atoms with van der Waals surface area (Å²) in [7, 11) is 0. The molecule has 0 heterocycles. The molecule has 1 saturated carbocycles. The van der Waals surface area contributed by atoms with E-state index in [9.17, 15) is 14.9 Å². The zero-order valence-electron chi connectivity index (χ0n) is 11.4. The lowest BCUT2D eigenvalue weighted by Gasteiger charge is -2.24. The van der Waals surface area contributed by atoms with Gasteiger partial charge in [0.05, 0.1) is 4.92 Å². The highest BCUT2D eigenvalue weighted by Crippen LogP contribution is 2.32. The smallest absolute Gasteiger partial charge is 0.342 e. The summed E-state index contributed by atoms with van der Waals surface area (Å²) in [6.07, 6.45) is 3.37. The molecule has 1 aliphatic carbocycles. The van der Waals surface area contributed by atoms with Crippen LogP contribution in [-0.2, 0) is 0 Å². The van der Waals surface area contributed by atoms with E-state index in [1.165, 1.54) is 25.0 Å². The molecule has 0 unspecified atom stereocenters. The summed E-state index contributed by atoms with van der Waals surface area (Å²) < 4.78 is 0. The first kappa shape index (κ1) is 14.3. The van der Waals surface area contributed by atoms with Crippen molar-refractivity contribution in [2.45, 2.75) is 26.2 Å². The van der Waals surface area contributed by atoms with E-state index >= 15 is 0 Å². The number of benzene rings is 1. The Morgan fingerprint density at radius 2 is 2.20 bits per heavy atom. The van der Waals surface area contributed by atoms with Gasteiger partial charge in [-0.2, -0.15) is 0 Å². The zero-order chi connectivity index (χ0) is 14.7. The number of nitro groups is 1. The van der Waals surface area contributed by atoms with Crippen LogP contribution in [-0.4, -0.2) is 29.1 Å². The Balaban J connectivity index is 2.31. The minimum atomic E-state index is -1.26. The van der Waals surface area contributed by atoms with Crippen molar-refractivity contribution in [2.75, 3.05) is 18.0 Å². The van der Waals surface area contributed by atoms with Crippen LogP contribution in [0.4, 0.5) is 11.4 Å². The molecule has 0 aromatic heterocycles. The lowest BCUT2D eigenvalue weighted by Crippen LogP contribution is -2.26. The molecular weight excluding hydrogens is 260 g/mol. The normalized spacial score (nSPS) is 14.1. The number of anilines is 1. The van der Waals surface area contributed by atoms with Gasteiger partial charge in [-0.15, -0.1) is 0 Å². The molecule has 1 aliphatic rings. The number of carboxylic acid groups (broad SMARTS) is 1. The summed E-state index contributed by atoms with van der Waals surface area (Å²) in [4.78, 5) is 23.5. The Kier molecular flexibility index (Phi) is 4.22. The van der Waals surface area contributed by atoms with Crippen LogP contribution in [0.3, 0.4) is 0 Å². The third-order valence-corrected chi connectivity index (χ3v) is 3.44. The van der Waals surface area contributed by atoms with Crippen LogP contribution in [0, 0.1) is 16.0 Å². The van der Waals surface area contributed by atoms with Gasteiger partial charge < -0.3 is 10.0 Å². The summed E-state index contributed by atoms with van der Waals surface area (Å²) in [6.45, 7) is 3.78. The van der Waals surface area contributed by atoms with E-state index in [4.69, 9.17) is 5.11 Å². The first-order chi connectivity index (χ1) is 9.52. The molecular formula is C14H18N2O4. The van der Waals surface area contributed by atoms with Gasteiger partial charge in [0, 0.05) is 24.8 Å². The van der Waals surface area contributed by atoms with Crippen molar-refractivity contribution in [3.8, 4) is 0 Å². The van der Waals surface area contributed by atoms with E-state index in [1.54, 1.807) is 6.07 Å². The van der Waals surface area contributed by atoms with Crippen LogP contribution >= 0.6 is 0 Å². The predicted molar refractivity (Wildman–Crippen MR) is 75.3 cm³/mol. The summed E-state index contributed by atoms with van der Waals surface area (Å²) in [6, 6.07) is 4.34. The van der Waals surface area contributed by atoms with E-state index in [-0.39, 0.29) is 11.3 Å². The van der Waals surface area contributed by atoms with Crippen LogP contribution in [0.2, 0.25) is 0 Å². The van der Waals surface area contributed by atoms with E-state index in [0.717, 1.165) is 25.2 Å². The van der Waals surface area contributed by atoms with Crippen molar-refractivity contribution < 1.29 is 14.8 Å². The minimum Gasteiger partial charge on any atom is -0.477 e. The molecule has 0 bridgehead atoms. The molecule has 1 fully saturated rings. The quantitative estimate of drug-likeness (QED) is 0.612. The lowest BCUT2D eigenvalue weighted by molar-refractivity contribution is -0.385. The average Bonchev–Trinajstić information content (AvgIpc) is 3.21. The molecule has 0 amide bonds. The van der Waals surface area contributed by atoms with Gasteiger partial charge in [-0.05, 0) is 37.3 Å². The molecule has 6 heteroatoms. The topological polar surface area (TPSA) is 83.7 Å². The maximum absolute atomic E-state index is 11.2. The predicted octanol–water partition coefficient (Wildman–Crippen LogP) is 2.92. The number of nitrogens with zero attached hydrogens (tertiary/aromatic N) is 2. The van der Waals surface area contributed by atoms with Crippen molar-refractivity contribution in [2.24, 2.45) is 5.92 Å². The summed E-state index contributed by atoms with van der Waals surface area (Å²) in [5.74, 6) is -0.591. The monoisotopic (exact) mass is 278 g/mol. The summed E-state index contributed by atoms with van der Waals surface area (Å²) in [5, 5.41) is 20.0. The number of carboxylic acids is 1. The highest BCUT2D eigenvalue weighted by molar-refractivity contribution is 5.93. The van der Waals surface area contributed by atoms with E-state index in [0.29, 0.717) is 5.92 Å². The molecule has 1 aromatic rings. The summed E-state index contributed by atoms with van der Waals surface area (Å²) in [5.41, 5.74) is 0.148. The van der Waals surface area contributed by atoms with Crippen LogP contribution in [0.25, 0.3) is 0 Å². The van der Waals surface area contributed by atoms with Crippen LogP contribution in [0.15, 0.2) is 18.2 Å². The first-order valence-electron chi connectivity index (χ1n) is 6.79. The highest BCUT2D eigenvalue weighted by atomic mass is 16.6. The second kappa shape index (κ2) is 5.90. The zero-order valence-corrected chi connectivity index (χ0v) is 11.4. The molecule has 0 saturated heterocycles. The van der Waals surface area contributed by atoms with Gasteiger partial charge in [-0.25, -0.2) is 4.79 Å². The fourth-order valence-electron chi connectivity index (χ4n) is 2.26. The van der Waals surface area contributed by atoms with E-state index in [1.807, 2.05) is 0 Å². The van der Waals surface area contributed by atoms with E-state index in [2.05, 4.69) is 11.8 Å². The van der Waals surface area contributed by atoms with Crippen molar-refractivity contribution in [1.29, 1.82) is 0 Å². The van der Waals surface area contributed by atoms with Crippen molar-refractivity contribution in [1.82, 2.24) is 0 Å². The van der Waals surface area contributed by atoms with Crippen molar-refractivity contribution >= 4 is 17.3 Å². The van der Waals surface area contributed by atoms with Gasteiger partial charge >= 0.3 is 5.97 Å². The van der Waals surface area contributed by atoms with Crippen LogP contribution < -0.4 is 4.90 Å². The largest absolute Gasteiger partial charge is 0.477 e.